The maximum absolute atomic E-state index is 13.3. The van der Waals surface area contributed by atoms with E-state index in [-0.39, 0.29) is 5.75 Å². The van der Waals surface area contributed by atoms with Crippen molar-refractivity contribution in [3.63, 3.8) is 0 Å². The number of rotatable bonds is 2. The standard InChI is InChI=1S/C16H10FN3O/c17-11-5-6-16(21)13(7-11)15-8-14(19-20-15)12-4-2-1-3-10(12)9-18/h1-8,21H,(H,19,20). The maximum atomic E-state index is 13.3. The Kier molecular flexibility index (Phi) is 3.13. The number of nitrogens with one attached hydrogen (secondary N) is 1. The number of hydrogen-bond acceptors (Lipinski definition) is 3. The van der Waals surface area contributed by atoms with Crippen molar-refractivity contribution in [2.75, 3.05) is 0 Å². The second kappa shape index (κ2) is 5.10. The molecule has 1 heterocycles. The summed E-state index contributed by atoms with van der Waals surface area (Å²) in [6.45, 7) is 0. The summed E-state index contributed by atoms with van der Waals surface area (Å²) in [7, 11) is 0. The van der Waals surface area contributed by atoms with Crippen LogP contribution in [0.5, 0.6) is 5.75 Å². The normalized spacial score (nSPS) is 10.3. The van der Waals surface area contributed by atoms with E-state index in [0.29, 0.717) is 28.1 Å². The molecule has 2 N–H and O–H groups in total. The second-order valence-corrected chi connectivity index (χ2v) is 4.49. The molecule has 0 aliphatic heterocycles. The van der Waals surface area contributed by atoms with E-state index >= 15 is 0 Å². The number of halogens is 1. The fraction of sp³-hybridized carbons (Fsp3) is 0. The maximum Gasteiger partial charge on any atom is 0.125 e. The van der Waals surface area contributed by atoms with E-state index in [4.69, 9.17) is 5.26 Å². The van der Waals surface area contributed by atoms with Crippen molar-refractivity contribution >= 4 is 0 Å². The van der Waals surface area contributed by atoms with Crippen LogP contribution in [0.25, 0.3) is 22.5 Å². The number of H-pyrrole nitrogens is 1. The Labute approximate surface area is 120 Å². The number of phenols is 1. The molecule has 5 heteroatoms. The molecule has 0 aliphatic carbocycles. The van der Waals surface area contributed by atoms with Crippen LogP contribution in [-0.2, 0) is 0 Å². The molecule has 3 aromatic rings. The van der Waals surface area contributed by atoms with Crippen molar-refractivity contribution in [1.29, 1.82) is 5.26 Å². The lowest BCUT2D eigenvalue weighted by Gasteiger charge is -2.01. The van der Waals surface area contributed by atoms with E-state index in [9.17, 15) is 9.50 Å². The van der Waals surface area contributed by atoms with Gasteiger partial charge in [-0.2, -0.15) is 10.4 Å². The molecule has 4 nitrogen and oxygen atoms in total. The fourth-order valence-corrected chi connectivity index (χ4v) is 2.13. The SMILES string of the molecule is N#Cc1ccccc1-c1cc(-c2cc(F)ccc2O)[nH]n1. The van der Waals surface area contributed by atoms with Gasteiger partial charge < -0.3 is 5.11 Å². The number of phenolic OH excluding ortho intramolecular Hbond substituents is 1. The van der Waals surface area contributed by atoms with Gasteiger partial charge in [0.15, 0.2) is 0 Å². The molecule has 1 aromatic heterocycles. The minimum atomic E-state index is -0.448. The first-order chi connectivity index (χ1) is 10.2. The molecule has 102 valence electrons. The van der Waals surface area contributed by atoms with Gasteiger partial charge in [0, 0.05) is 11.1 Å². The molecule has 0 fully saturated rings. The first kappa shape index (κ1) is 12.9. The molecular formula is C16H10FN3O. The highest BCUT2D eigenvalue weighted by Gasteiger charge is 2.12. The summed E-state index contributed by atoms with van der Waals surface area (Å²) in [6.07, 6.45) is 0. The quantitative estimate of drug-likeness (QED) is 0.754. The monoisotopic (exact) mass is 279 g/mol. The van der Waals surface area contributed by atoms with E-state index in [1.807, 2.05) is 6.07 Å². The van der Waals surface area contributed by atoms with Crippen molar-refractivity contribution < 1.29 is 9.50 Å². The van der Waals surface area contributed by atoms with Gasteiger partial charge >= 0.3 is 0 Å². The number of aromatic nitrogens is 2. The van der Waals surface area contributed by atoms with E-state index in [1.54, 1.807) is 24.3 Å². The molecule has 0 aliphatic rings. The number of hydrogen-bond donors (Lipinski definition) is 2. The predicted molar refractivity (Wildman–Crippen MR) is 75.8 cm³/mol. The third-order valence-corrected chi connectivity index (χ3v) is 3.15. The van der Waals surface area contributed by atoms with E-state index < -0.39 is 5.82 Å². The van der Waals surface area contributed by atoms with Crippen molar-refractivity contribution in [2.45, 2.75) is 0 Å². The molecule has 0 amide bonds. The first-order valence-electron chi connectivity index (χ1n) is 6.23. The minimum absolute atomic E-state index is 0.0415. The second-order valence-electron chi connectivity index (χ2n) is 4.49. The Bertz CT molecular complexity index is 849. The molecule has 0 saturated heterocycles. The van der Waals surface area contributed by atoms with Gasteiger partial charge in [0.1, 0.15) is 11.6 Å². The average molecular weight is 279 g/mol. The largest absolute Gasteiger partial charge is 0.507 e. The summed E-state index contributed by atoms with van der Waals surface area (Å²) in [5, 5.41) is 25.8. The summed E-state index contributed by atoms with van der Waals surface area (Å²) in [6, 6.07) is 14.5. The van der Waals surface area contributed by atoms with E-state index in [0.717, 1.165) is 0 Å². The van der Waals surface area contributed by atoms with Gasteiger partial charge in [-0.05, 0) is 30.3 Å². The molecule has 0 bridgehead atoms. The van der Waals surface area contributed by atoms with Crippen LogP contribution in [0.2, 0.25) is 0 Å². The first-order valence-corrected chi connectivity index (χ1v) is 6.23. The topological polar surface area (TPSA) is 72.7 Å². The van der Waals surface area contributed by atoms with Gasteiger partial charge in [-0.25, -0.2) is 4.39 Å². The predicted octanol–water partition coefficient (Wildman–Crippen LogP) is 3.46. The van der Waals surface area contributed by atoms with Gasteiger partial charge in [0.2, 0.25) is 0 Å². The average Bonchev–Trinajstić information content (AvgIpc) is 2.99. The lowest BCUT2D eigenvalue weighted by Crippen LogP contribution is -1.83. The summed E-state index contributed by atoms with van der Waals surface area (Å²) in [4.78, 5) is 0. The van der Waals surface area contributed by atoms with Crippen LogP contribution in [0.15, 0.2) is 48.5 Å². The van der Waals surface area contributed by atoms with Gasteiger partial charge in [0.25, 0.3) is 0 Å². The summed E-state index contributed by atoms with van der Waals surface area (Å²) in [5.41, 5.74) is 2.54. The highest BCUT2D eigenvalue weighted by molar-refractivity contribution is 5.74. The zero-order valence-electron chi connectivity index (χ0n) is 10.8. The molecule has 0 unspecified atom stereocenters. The molecular weight excluding hydrogens is 269 g/mol. The fourth-order valence-electron chi connectivity index (χ4n) is 2.13. The highest BCUT2D eigenvalue weighted by atomic mass is 19.1. The number of benzene rings is 2. The minimum Gasteiger partial charge on any atom is -0.507 e. The Morgan fingerprint density at radius 2 is 1.90 bits per heavy atom. The van der Waals surface area contributed by atoms with Gasteiger partial charge in [-0.1, -0.05) is 18.2 Å². The molecule has 21 heavy (non-hydrogen) atoms. The van der Waals surface area contributed by atoms with Crippen LogP contribution in [-0.4, -0.2) is 15.3 Å². The van der Waals surface area contributed by atoms with Crippen LogP contribution in [0, 0.1) is 17.1 Å². The number of nitriles is 1. The highest BCUT2D eigenvalue weighted by Crippen LogP contribution is 2.31. The van der Waals surface area contributed by atoms with Crippen molar-refractivity contribution in [1.82, 2.24) is 10.2 Å². The zero-order valence-corrected chi connectivity index (χ0v) is 10.8. The summed E-state index contributed by atoms with van der Waals surface area (Å²) < 4.78 is 13.3. The van der Waals surface area contributed by atoms with Gasteiger partial charge in [-0.15, -0.1) is 0 Å². The zero-order chi connectivity index (χ0) is 14.8. The molecule has 0 spiro atoms. The Hall–Kier alpha value is -3.13. The van der Waals surface area contributed by atoms with Gasteiger partial charge in [-0.3, -0.25) is 5.10 Å². The lowest BCUT2D eigenvalue weighted by atomic mass is 10.0. The number of aromatic hydroxyl groups is 1. The molecule has 3 rings (SSSR count). The molecule has 0 saturated carbocycles. The van der Waals surface area contributed by atoms with E-state index in [1.165, 1.54) is 18.2 Å². The lowest BCUT2D eigenvalue weighted by molar-refractivity contribution is 0.475. The van der Waals surface area contributed by atoms with Crippen molar-refractivity contribution in [2.24, 2.45) is 0 Å². The third kappa shape index (κ3) is 2.35. The summed E-state index contributed by atoms with van der Waals surface area (Å²) in [5.74, 6) is -0.489. The van der Waals surface area contributed by atoms with Crippen LogP contribution in [0.3, 0.4) is 0 Å². The van der Waals surface area contributed by atoms with Gasteiger partial charge in [0.05, 0.1) is 23.0 Å². The summed E-state index contributed by atoms with van der Waals surface area (Å²) >= 11 is 0. The molecule has 2 aromatic carbocycles. The van der Waals surface area contributed by atoms with Crippen LogP contribution >= 0.6 is 0 Å². The Morgan fingerprint density at radius 1 is 1.10 bits per heavy atom. The third-order valence-electron chi connectivity index (χ3n) is 3.15. The molecule has 0 radical (unpaired) electrons. The number of nitrogens with zero attached hydrogens (tertiary/aromatic N) is 2. The van der Waals surface area contributed by atoms with Crippen molar-refractivity contribution in [3.8, 4) is 34.3 Å². The molecule has 0 atom stereocenters. The number of aromatic amines is 1. The Morgan fingerprint density at radius 3 is 2.71 bits per heavy atom. The van der Waals surface area contributed by atoms with Crippen LogP contribution < -0.4 is 0 Å². The smallest absolute Gasteiger partial charge is 0.125 e. The van der Waals surface area contributed by atoms with Crippen molar-refractivity contribution in [3.05, 3.63) is 59.9 Å². The Balaban J connectivity index is 2.09. The van der Waals surface area contributed by atoms with E-state index in [2.05, 4.69) is 16.3 Å². The van der Waals surface area contributed by atoms with Crippen LogP contribution in [0.1, 0.15) is 5.56 Å². The van der Waals surface area contributed by atoms with Crippen LogP contribution in [0.4, 0.5) is 4.39 Å².